The molecule has 0 atom stereocenters. The molecule has 0 radical (unpaired) electrons. The molecule has 1 saturated heterocycles. The third-order valence-corrected chi connectivity index (χ3v) is 7.58. The topological polar surface area (TPSA) is 95.6 Å². The summed E-state index contributed by atoms with van der Waals surface area (Å²) in [5, 5.41) is 8.58. The van der Waals surface area contributed by atoms with Crippen molar-refractivity contribution in [2.75, 3.05) is 26.2 Å². The first-order valence-electron chi connectivity index (χ1n) is 13.5. The average molecular weight is 534 g/mol. The lowest BCUT2D eigenvalue weighted by Gasteiger charge is -2.15. The summed E-state index contributed by atoms with van der Waals surface area (Å²) in [6.45, 7) is 5.62. The van der Waals surface area contributed by atoms with E-state index in [0.29, 0.717) is 23.6 Å². The van der Waals surface area contributed by atoms with Gasteiger partial charge in [-0.2, -0.15) is 5.10 Å². The highest BCUT2D eigenvalue weighted by Gasteiger charge is 2.17. The van der Waals surface area contributed by atoms with Crippen LogP contribution >= 0.6 is 0 Å². The van der Waals surface area contributed by atoms with Crippen LogP contribution in [0.2, 0.25) is 0 Å². The minimum absolute atomic E-state index is 0.345. The summed E-state index contributed by atoms with van der Waals surface area (Å²) in [7, 11) is 0. The molecule has 1 fully saturated rings. The molecule has 0 amide bonds. The number of nitrogens with zero attached hydrogens (tertiary/aromatic N) is 5. The molecule has 200 valence electrons. The third kappa shape index (κ3) is 4.58. The molecule has 6 aromatic rings. The number of halogens is 1. The fourth-order valence-electron chi connectivity index (χ4n) is 5.48. The zero-order valence-electron chi connectivity index (χ0n) is 22.1. The van der Waals surface area contributed by atoms with Gasteiger partial charge in [-0.3, -0.25) is 20.0 Å². The summed E-state index contributed by atoms with van der Waals surface area (Å²) in [6.07, 6.45) is 9.59. The Morgan fingerprint density at radius 2 is 1.82 bits per heavy atom. The summed E-state index contributed by atoms with van der Waals surface area (Å²) in [5.41, 5.74) is 8.32. The number of aromatic amines is 2. The highest BCUT2D eigenvalue weighted by atomic mass is 19.1. The Labute approximate surface area is 230 Å². The number of H-pyrrole nitrogens is 2. The summed E-state index contributed by atoms with van der Waals surface area (Å²) in [6, 6.07) is 12.8. The van der Waals surface area contributed by atoms with Crippen LogP contribution in [0.25, 0.3) is 55.7 Å². The van der Waals surface area contributed by atoms with Crippen LogP contribution in [0.15, 0.2) is 67.3 Å². The van der Waals surface area contributed by atoms with Crippen molar-refractivity contribution >= 4 is 21.9 Å². The number of benzene rings is 1. The van der Waals surface area contributed by atoms with Crippen LogP contribution in [0.1, 0.15) is 18.4 Å². The Bertz CT molecular complexity index is 1840. The van der Waals surface area contributed by atoms with E-state index >= 15 is 0 Å². The molecule has 0 saturated carbocycles. The molecule has 8 nitrogen and oxygen atoms in total. The van der Waals surface area contributed by atoms with Gasteiger partial charge in [0.25, 0.3) is 0 Å². The third-order valence-electron chi connectivity index (χ3n) is 7.58. The number of ether oxygens (including phenoxy) is 1. The molecular weight excluding hydrogens is 505 g/mol. The highest BCUT2D eigenvalue weighted by Crippen LogP contribution is 2.35. The van der Waals surface area contributed by atoms with E-state index in [-0.39, 0.29) is 5.82 Å². The number of hydrogen-bond acceptors (Lipinski definition) is 6. The molecule has 0 bridgehead atoms. The second-order valence-electron chi connectivity index (χ2n) is 10.3. The van der Waals surface area contributed by atoms with Crippen molar-refractivity contribution in [1.29, 1.82) is 0 Å². The van der Waals surface area contributed by atoms with E-state index < -0.39 is 0 Å². The lowest BCUT2D eigenvalue weighted by atomic mass is 10.0. The maximum Gasteiger partial charge on any atom is 0.135 e. The number of nitrogens with one attached hydrogen (secondary N) is 2. The first-order valence-corrected chi connectivity index (χ1v) is 13.5. The van der Waals surface area contributed by atoms with Gasteiger partial charge in [-0.1, -0.05) is 0 Å². The Balaban J connectivity index is 1.24. The van der Waals surface area contributed by atoms with E-state index in [1.807, 2.05) is 43.5 Å². The van der Waals surface area contributed by atoms with Gasteiger partial charge >= 0.3 is 0 Å². The van der Waals surface area contributed by atoms with Crippen LogP contribution in [-0.4, -0.2) is 61.3 Å². The van der Waals surface area contributed by atoms with Gasteiger partial charge in [-0.25, -0.2) is 9.37 Å². The molecular formula is C31H28FN7O. The van der Waals surface area contributed by atoms with Gasteiger partial charge in [-0.05, 0) is 80.4 Å². The Morgan fingerprint density at radius 3 is 2.70 bits per heavy atom. The number of rotatable bonds is 7. The van der Waals surface area contributed by atoms with Crippen LogP contribution in [-0.2, 0) is 0 Å². The molecule has 1 aromatic carbocycles. The van der Waals surface area contributed by atoms with Crippen molar-refractivity contribution in [2.45, 2.75) is 19.8 Å². The van der Waals surface area contributed by atoms with Crippen LogP contribution in [0.4, 0.5) is 4.39 Å². The molecule has 9 heteroatoms. The van der Waals surface area contributed by atoms with Crippen LogP contribution in [0.3, 0.4) is 0 Å². The molecule has 1 aliphatic heterocycles. The monoisotopic (exact) mass is 533 g/mol. The van der Waals surface area contributed by atoms with E-state index in [2.05, 4.69) is 30.0 Å². The first-order chi connectivity index (χ1) is 19.6. The Kier molecular flexibility index (Phi) is 6.20. The minimum atomic E-state index is -0.345. The lowest BCUT2D eigenvalue weighted by molar-refractivity contribution is 0.237. The van der Waals surface area contributed by atoms with Gasteiger partial charge in [-0.15, -0.1) is 0 Å². The fraction of sp³-hybridized carbons (Fsp3) is 0.226. The van der Waals surface area contributed by atoms with E-state index in [0.717, 1.165) is 69.6 Å². The maximum absolute atomic E-state index is 14.7. The van der Waals surface area contributed by atoms with Crippen LogP contribution < -0.4 is 4.74 Å². The maximum atomic E-state index is 14.7. The zero-order chi connectivity index (χ0) is 27.1. The molecule has 7 rings (SSSR count). The summed E-state index contributed by atoms with van der Waals surface area (Å²) < 4.78 is 20.7. The molecule has 1 aliphatic rings. The summed E-state index contributed by atoms with van der Waals surface area (Å²) in [4.78, 5) is 19.4. The van der Waals surface area contributed by atoms with Gasteiger partial charge in [0.05, 0.1) is 28.6 Å². The summed E-state index contributed by atoms with van der Waals surface area (Å²) >= 11 is 0. The van der Waals surface area contributed by atoms with E-state index in [9.17, 15) is 4.39 Å². The molecule has 5 aromatic heterocycles. The number of aryl methyl sites for hydroxylation is 1. The molecule has 0 aliphatic carbocycles. The Morgan fingerprint density at radius 1 is 0.950 bits per heavy atom. The standard InChI is InChI=1S/C31H28FN7O/c1-19-6-7-33-16-24(19)26-4-5-27-30(36-26)31(38-37-27)28-15-23-25(17-34-18-29(23)35-28)20-12-21(32)14-22(13-20)40-11-10-39-8-2-3-9-39/h4-7,12-18,35H,2-3,8-11H2,1H3,(H,37,38). The van der Waals surface area contributed by atoms with Gasteiger partial charge in [0.1, 0.15) is 29.4 Å². The number of fused-ring (bicyclic) bond motifs is 2. The lowest BCUT2D eigenvalue weighted by Crippen LogP contribution is -2.25. The number of aromatic nitrogens is 6. The van der Waals surface area contributed by atoms with Crippen molar-refractivity contribution < 1.29 is 9.13 Å². The Hall–Kier alpha value is -4.63. The molecule has 40 heavy (non-hydrogen) atoms. The van der Waals surface area contributed by atoms with Gasteiger partial charge in [0, 0.05) is 47.7 Å². The van der Waals surface area contributed by atoms with Crippen molar-refractivity contribution in [3.05, 3.63) is 78.6 Å². The van der Waals surface area contributed by atoms with Crippen molar-refractivity contribution in [1.82, 2.24) is 35.0 Å². The van der Waals surface area contributed by atoms with E-state index in [1.54, 1.807) is 18.6 Å². The molecule has 0 spiro atoms. The first kappa shape index (κ1) is 24.4. The zero-order valence-corrected chi connectivity index (χ0v) is 22.1. The molecule has 2 N–H and O–H groups in total. The van der Waals surface area contributed by atoms with Gasteiger partial charge < -0.3 is 9.72 Å². The second-order valence-corrected chi connectivity index (χ2v) is 10.3. The highest BCUT2D eigenvalue weighted by molar-refractivity contribution is 6.00. The number of pyridine rings is 3. The quantitative estimate of drug-likeness (QED) is 0.256. The van der Waals surface area contributed by atoms with Crippen molar-refractivity contribution in [3.63, 3.8) is 0 Å². The average Bonchev–Trinajstić information content (AvgIpc) is 3.72. The fourth-order valence-corrected chi connectivity index (χ4v) is 5.48. The number of likely N-dealkylation sites (tertiary alicyclic amines) is 1. The predicted molar refractivity (Wildman–Crippen MR) is 154 cm³/mol. The number of hydrogen-bond donors (Lipinski definition) is 2. The van der Waals surface area contributed by atoms with Crippen LogP contribution in [0, 0.1) is 12.7 Å². The minimum Gasteiger partial charge on any atom is -0.492 e. The van der Waals surface area contributed by atoms with E-state index in [4.69, 9.17) is 9.72 Å². The SMILES string of the molecule is Cc1ccncc1-c1ccc2[nH]nc(-c3cc4c(-c5cc(F)cc(OCCN6CCCC6)c5)cncc4[nH]3)c2n1. The van der Waals surface area contributed by atoms with Crippen molar-refractivity contribution in [2.24, 2.45) is 0 Å². The normalized spacial score (nSPS) is 13.9. The largest absolute Gasteiger partial charge is 0.492 e. The molecule has 0 unspecified atom stereocenters. The molecule has 6 heterocycles. The second kappa shape index (κ2) is 10.2. The van der Waals surface area contributed by atoms with Crippen LogP contribution in [0.5, 0.6) is 5.75 Å². The van der Waals surface area contributed by atoms with Crippen molar-refractivity contribution in [3.8, 4) is 39.5 Å². The van der Waals surface area contributed by atoms with Gasteiger partial charge in [0.15, 0.2) is 0 Å². The predicted octanol–water partition coefficient (Wildman–Crippen LogP) is 6.15. The smallest absolute Gasteiger partial charge is 0.135 e. The van der Waals surface area contributed by atoms with E-state index in [1.165, 1.54) is 25.0 Å². The summed E-state index contributed by atoms with van der Waals surface area (Å²) in [5.74, 6) is 0.171. The van der Waals surface area contributed by atoms with Gasteiger partial charge in [0.2, 0.25) is 0 Å².